The fourth-order valence-corrected chi connectivity index (χ4v) is 2.90. The Balaban J connectivity index is 1.76. The van der Waals surface area contributed by atoms with Gasteiger partial charge in [-0.05, 0) is 49.0 Å². The van der Waals surface area contributed by atoms with Crippen molar-refractivity contribution in [2.75, 3.05) is 0 Å². The predicted molar refractivity (Wildman–Crippen MR) is 102 cm³/mol. The average molecular weight is 314 g/mol. The van der Waals surface area contributed by atoms with E-state index in [9.17, 15) is 4.79 Å². The molecule has 1 heteroatoms. The monoisotopic (exact) mass is 314 g/mol. The molecule has 1 saturated carbocycles. The second-order valence-electron chi connectivity index (χ2n) is 6.22. The lowest BCUT2D eigenvalue weighted by molar-refractivity contribution is -0.112. The molecule has 2 aromatic rings. The third kappa shape index (κ3) is 4.20. The van der Waals surface area contributed by atoms with Gasteiger partial charge in [0.25, 0.3) is 0 Å². The van der Waals surface area contributed by atoms with Crippen molar-refractivity contribution in [1.82, 2.24) is 0 Å². The van der Waals surface area contributed by atoms with Crippen LogP contribution >= 0.6 is 0 Å². The summed E-state index contributed by atoms with van der Waals surface area (Å²) in [5.41, 5.74) is 5.31. The molecule has 1 aliphatic rings. The van der Waals surface area contributed by atoms with Crippen LogP contribution in [-0.2, 0) is 4.79 Å². The van der Waals surface area contributed by atoms with Gasteiger partial charge in [-0.2, -0.15) is 0 Å². The number of ketones is 1. The summed E-state index contributed by atoms with van der Waals surface area (Å²) in [4.78, 5) is 12.7. The Morgan fingerprint density at radius 1 is 0.833 bits per heavy atom. The van der Waals surface area contributed by atoms with Crippen LogP contribution in [0.4, 0.5) is 0 Å². The number of benzene rings is 2. The summed E-state index contributed by atoms with van der Waals surface area (Å²) >= 11 is 0. The summed E-state index contributed by atoms with van der Waals surface area (Å²) in [6.45, 7) is 2.07. The Bertz CT molecular complexity index is 790. The van der Waals surface area contributed by atoms with Crippen LogP contribution < -0.4 is 0 Å². The number of carbonyl (C=O) groups excluding carboxylic acids is 1. The average Bonchev–Trinajstić information content (AvgIpc) is 2.61. The lowest BCUT2D eigenvalue weighted by atomic mass is 9.87. The molecule has 0 saturated heterocycles. The van der Waals surface area contributed by atoms with Crippen molar-refractivity contribution in [2.24, 2.45) is 0 Å². The maximum atomic E-state index is 12.7. The van der Waals surface area contributed by atoms with Crippen LogP contribution in [0.1, 0.15) is 36.0 Å². The molecule has 0 unspecified atom stereocenters. The van der Waals surface area contributed by atoms with E-state index in [1.165, 1.54) is 5.56 Å². The second-order valence-corrected chi connectivity index (χ2v) is 6.22. The summed E-state index contributed by atoms with van der Waals surface area (Å²) in [6.07, 6.45) is 10.8. The zero-order valence-corrected chi connectivity index (χ0v) is 14.0. The molecule has 0 aromatic heterocycles. The predicted octanol–water partition coefficient (Wildman–Crippen LogP) is 5.77. The van der Waals surface area contributed by atoms with Gasteiger partial charge in [-0.1, -0.05) is 78.4 Å². The van der Waals surface area contributed by atoms with Crippen molar-refractivity contribution >= 4 is 17.9 Å². The van der Waals surface area contributed by atoms with Gasteiger partial charge in [0.15, 0.2) is 5.78 Å². The number of hydrogen-bond acceptors (Lipinski definition) is 1. The number of rotatable bonds is 3. The first-order valence-corrected chi connectivity index (χ1v) is 8.46. The Hall–Kier alpha value is -2.67. The van der Waals surface area contributed by atoms with Crippen LogP contribution in [0.25, 0.3) is 12.2 Å². The molecule has 1 aliphatic carbocycles. The number of hydrogen-bond donors (Lipinski definition) is 0. The molecule has 0 radical (unpaired) electrons. The van der Waals surface area contributed by atoms with Crippen molar-refractivity contribution in [1.29, 1.82) is 0 Å². The molecule has 0 bridgehead atoms. The van der Waals surface area contributed by atoms with Crippen LogP contribution in [0.3, 0.4) is 0 Å². The van der Waals surface area contributed by atoms with E-state index in [2.05, 4.69) is 43.3 Å². The van der Waals surface area contributed by atoms with Crippen LogP contribution in [0.5, 0.6) is 0 Å². The zero-order valence-electron chi connectivity index (χ0n) is 14.0. The lowest BCUT2D eigenvalue weighted by Gasteiger charge is -2.16. The molecule has 0 heterocycles. The molecule has 0 aliphatic heterocycles. The van der Waals surface area contributed by atoms with Gasteiger partial charge in [0.1, 0.15) is 0 Å². The minimum absolute atomic E-state index is 0.194. The fraction of sp³-hybridized carbons (Fsp3) is 0.174. The van der Waals surface area contributed by atoms with Gasteiger partial charge in [0, 0.05) is 5.57 Å². The zero-order chi connectivity index (χ0) is 16.8. The van der Waals surface area contributed by atoms with Crippen molar-refractivity contribution in [3.05, 3.63) is 94.6 Å². The van der Waals surface area contributed by atoms with Crippen LogP contribution in [0.2, 0.25) is 0 Å². The molecule has 0 atom stereocenters. The van der Waals surface area contributed by atoms with E-state index >= 15 is 0 Å². The molecule has 1 fully saturated rings. The molecule has 24 heavy (non-hydrogen) atoms. The van der Waals surface area contributed by atoms with E-state index in [0.717, 1.165) is 41.5 Å². The van der Waals surface area contributed by atoms with Gasteiger partial charge in [0.05, 0.1) is 0 Å². The molecule has 2 aromatic carbocycles. The lowest BCUT2D eigenvalue weighted by Crippen LogP contribution is -2.12. The van der Waals surface area contributed by atoms with E-state index in [-0.39, 0.29) is 5.78 Å². The second kappa shape index (κ2) is 7.74. The van der Waals surface area contributed by atoms with Crippen LogP contribution in [0.15, 0.2) is 77.9 Å². The first-order chi connectivity index (χ1) is 11.7. The molecule has 3 rings (SSSR count). The quantitative estimate of drug-likeness (QED) is 0.657. The van der Waals surface area contributed by atoms with Crippen molar-refractivity contribution in [3.8, 4) is 0 Å². The Morgan fingerprint density at radius 3 is 2.29 bits per heavy atom. The summed E-state index contributed by atoms with van der Waals surface area (Å²) < 4.78 is 0. The maximum Gasteiger partial charge on any atom is 0.185 e. The highest BCUT2D eigenvalue weighted by atomic mass is 16.1. The minimum atomic E-state index is 0.194. The molecule has 1 nitrogen and oxygen atoms in total. The first-order valence-electron chi connectivity index (χ1n) is 8.46. The largest absolute Gasteiger partial charge is 0.289 e. The third-order valence-corrected chi connectivity index (χ3v) is 4.28. The normalized spacial score (nSPS) is 18.6. The SMILES string of the molecule is Cc1ccc(/C=C2\CCC/C(=C\C=C\c3ccccc3)C2=O)cc1. The van der Waals surface area contributed by atoms with Gasteiger partial charge in [-0.25, -0.2) is 0 Å². The van der Waals surface area contributed by atoms with Gasteiger partial charge in [-0.15, -0.1) is 0 Å². The molecule has 120 valence electrons. The van der Waals surface area contributed by atoms with Gasteiger partial charge in [0.2, 0.25) is 0 Å². The number of carbonyl (C=O) groups is 1. The molecule has 0 amide bonds. The number of Topliss-reactive ketones (excluding diaryl/α,β-unsaturated/α-hetero) is 1. The highest BCUT2D eigenvalue weighted by molar-refractivity contribution is 6.11. The third-order valence-electron chi connectivity index (χ3n) is 4.28. The Morgan fingerprint density at radius 2 is 1.54 bits per heavy atom. The molecular weight excluding hydrogens is 292 g/mol. The summed E-state index contributed by atoms with van der Waals surface area (Å²) in [7, 11) is 0. The molecule has 0 spiro atoms. The first kappa shape index (κ1) is 16.2. The topological polar surface area (TPSA) is 17.1 Å². The molecular formula is C23H22O. The van der Waals surface area contributed by atoms with Crippen molar-refractivity contribution in [2.45, 2.75) is 26.2 Å². The minimum Gasteiger partial charge on any atom is -0.289 e. The summed E-state index contributed by atoms with van der Waals surface area (Å²) in [5, 5.41) is 0. The smallest absolute Gasteiger partial charge is 0.185 e. The highest BCUT2D eigenvalue weighted by Crippen LogP contribution is 2.26. The van der Waals surface area contributed by atoms with Crippen LogP contribution in [0, 0.1) is 6.92 Å². The van der Waals surface area contributed by atoms with E-state index in [1.807, 2.05) is 42.5 Å². The number of aryl methyl sites for hydroxylation is 1. The standard InChI is InChI=1S/C23H22O/c1-18-13-15-20(16-14-18)17-22-12-6-11-21(23(22)24)10-5-9-19-7-3-2-4-8-19/h2-5,7-10,13-17H,6,11-12H2,1H3/b9-5+,21-10+,22-17+. The van der Waals surface area contributed by atoms with E-state index in [4.69, 9.17) is 0 Å². The Labute approximate surface area is 144 Å². The highest BCUT2D eigenvalue weighted by Gasteiger charge is 2.19. The number of allylic oxidation sites excluding steroid dienone is 4. The van der Waals surface area contributed by atoms with Gasteiger partial charge >= 0.3 is 0 Å². The Kier molecular flexibility index (Phi) is 5.22. The van der Waals surface area contributed by atoms with E-state index in [1.54, 1.807) is 0 Å². The van der Waals surface area contributed by atoms with Crippen LogP contribution in [-0.4, -0.2) is 5.78 Å². The van der Waals surface area contributed by atoms with Crippen molar-refractivity contribution in [3.63, 3.8) is 0 Å². The fourth-order valence-electron chi connectivity index (χ4n) is 2.90. The summed E-state index contributed by atoms with van der Waals surface area (Å²) in [5.74, 6) is 0.194. The molecule has 0 N–H and O–H groups in total. The van der Waals surface area contributed by atoms with Gasteiger partial charge < -0.3 is 0 Å². The maximum absolute atomic E-state index is 12.7. The van der Waals surface area contributed by atoms with E-state index in [0.29, 0.717) is 0 Å². The summed E-state index contributed by atoms with van der Waals surface area (Å²) in [6, 6.07) is 18.5. The van der Waals surface area contributed by atoms with Crippen molar-refractivity contribution < 1.29 is 4.79 Å². The van der Waals surface area contributed by atoms with Gasteiger partial charge in [-0.3, -0.25) is 4.79 Å². The van der Waals surface area contributed by atoms with E-state index < -0.39 is 0 Å².